The van der Waals surface area contributed by atoms with Gasteiger partial charge in [-0.15, -0.1) is 0 Å². The molecule has 0 saturated carbocycles. The summed E-state index contributed by atoms with van der Waals surface area (Å²) in [6.07, 6.45) is 0.691. The highest BCUT2D eigenvalue weighted by molar-refractivity contribution is 5.92. The second-order valence-corrected chi connectivity index (χ2v) is 3.24. The summed E-state index contributed by atoms with van der Waals surface area (Å²) in [6.45, 7) is 3.45. The molecule has 1 aromatic rings. The Bertz CT molecular complexity index is 470. The maximum atomic E-state index is 11.2. The van der Waals surface area contributed by atoms with E-state index in [1.807, 2.05) is 0 Å². The van der Waals surface area contributed by atoms with Gasteiger partial charge >= 0.3 is 12.1 Å². The largest absolute Gasteiger partial charge is 0.506 e. The van der Waals surface area contributed by atoms with Gasteiger partial charge in [0.1, 0.15) is 12.4 Å². The van der Waals surface area contributed by atoms with Crippen molar-refractivity contribution in [2.75, 3.05) is 19.0 Å². The van der Waals surface area contributed by atoms with E-state index in [1.54, 1.807) is 0 Å². The number of hydrogen-bond acceptors (Lipinski definition) is 5. The van der Waals surface area contributed by atoms with Crippen LogP contribution in [0.3, 0.4) is 0 Å². The number of hydrogen-bond donors (Lipinski definition) is 2. The topological polar surface area (TPSA) is 84.9 Å². The molecule has 0 aliphatic rings. The summed E-state index contributed by atoms with van der Waals surface area (Å²) in [4.78, 5) is 22.4. The van der Waals surface area contributed by atoms with Gasteiger partial charge in [0.05, 0.1) is 18.4 Å². The molecule has 6 heteroatoms. The number of anilines is 1. The normalized spacial score (nSPS) is 9.39. The van der Waals surface area contributed by atoms with Crippen LogP contribution in [0.1, 0.15) is 10.4 Å². The van der Waals surface area contributed by atoms with E-state index in [2.05, 4.69) is 21.4 Å². The van der Waals surface area contributed by atoms with Crippen molar-refractivity contribution in [1.29, 1.82) is 0 Å². The molecule has 6 nitrogen and oxygen atoms in total. The molecule has 0 spiro atoms. The Labute approximate surface area is 104 Å². The maximum absolute atomic E-state index is 11.2. The zero-order chi connectivity index (χ0) is 13.5. The Hall–Kier alpha value is -2.50. The third kappa shape index (κ3) is 3.51. The van der Waals surface area contributed by atoms with Crippen LogP contribution in [0.25, 0.3) is 0 Å². The number of carbonyl (C=O) groups excluding carboxylic acids is 2. The minimum absolute atomic E-state index is 0.0623. The number of phenols is 1. The number of carbonyl (C=O) groups is 2. The summed E-state index contributed by atoms with van der Waals surface area (Å²) in [5.74, 6) is -0.834. The third-order valence-electron chi connectivity index (χ3n) is 1.99. The number of ether oxygens (including phenoxy) is 2. The number of aromatic hydroxyl groups is 1. The lowest BCUT2D eigenvalue weighted by Gasteiger charge is -2.08. The van der Waals surface area contributed by atoms with Gasteiger partial charge in [0.15, 0.2) is 0 Å². The van der Waals surface area contributed by atoms with Crippen LogP contribution in [0.2, 0.25) is 0 Å². The second kappa shape index (κ2) is 6.29. The number of amides is 1. The number of benzene rings is 1. The molecule has 18 heavy (non-hydrogen) atoms. The molecule has 0 bridgehead atoms. The molecule has 0 heterocycles. The molecule has 0 fully saturated rings. The van der Waals surface area contributed by atoms with Gasteiger partial charge in [0.25, 0.3) is 0 Å². The van der Waals surface area contributed by atoms with Crippen molar-refractivity contribution in [2.24, 2.45) is 0 Å². The molecule has 1 aromatic carbocycles. The van der Waals surface area contributed by atoms with Crippen molar-refractivity contribution in [2.45, 2.75) is 0 Å². The van der Waals surface area contributed by atoms with Crippen LogP contribution in [0, 0.1) is 0 Å². The average molecular weight is 251 g/mol. The van der Waals surface area contributed by atoms with Gasteiger partial charge in [0.2, 0.25) is 0 Å². The highest BCUT2D eigenvalue weighted by Crippen LogP contribution is 2.24. The lowest BCUT2D eigenvalue weighted by molar-refractivity contribution is 0.0600. The van der Waals surface area contributed by atoms with E-state index in [-0.39, 0.29) is 23.6 Å². The van der Waals surface area contributed by atoms with Gasteiger partial charge in [0, 0.05) is 0 Å². The summed E-state index contributed by atoms with van der Waals surface area (Å²) >= 11 is 0. The van der Waals surface area contributed by atoms with E-state index in [9.17, 15) is 14.7 Å². The first-order chi connectivity index (χ1) is 8.58. The van der Waals surface area contributed by atoms with E-state index in [1.165, 1.54) is 31.4 Å². The fourth-order valence-corrected chi connectivity index (χ4v) is 1.16. The first kappa shape index (κ1) is 13.6. The van der Waals surface area contributed by atoms with Crippen LogP contribution in [0.4, 0.5) is 10.5 Å². The first-order valence-corrected chi connectivity index (χ1v) is 5.04. The average Bonchev–Trinajstić information content (AvgIpc) is 2.37. The molecular weight excluding hydrogens is 238 g/mol. The Kier molecular flexibility index (Phi) is 4.74. The van der Waals surface area contributed by atoms with Crippen molar-refractivity contribution in [3.63, 3.8) is 0 Å². The van der Waals surface area contributed by atoms with Crippen molar-refractivity contribution < 1.29 is 24.2 Å². The number of methoxy groups -OCH3 is 1. The zero-order valence-electron chi connectivity index (χ0n) is 9.80. The zero-order valence-corrected chi connectivity index (χ0v) is 9.80. The molecule has 96 valence electrons. The predicted octanol–water partition coefficient (Wildman–Crippen LogP) is 1.91. The van der Waals surface area contributed by atoms with Gasteiger partial charge in [-0.3, -0.25) is 5.32 Å². The van der Waals surface area contributed by atoms with Crippen LogP contribution in [0.5, 0.6) is 5.75 Å². The van der Waals surface area contributed by atoms with Crippen molar-refractivity contribution in [1.82, 2.24) is 0 Å². The molecule has 0 aliphatic heterocycles. The van der Waals surface area contributed by atoms with E-state index in [0.29, 0.717) is 0 Å². The Balaban J connectivity index is 2.76. The van der Waals surface area contributed by atoms with Gasteiger partial charge < -0.3 is 14.6 Å². The standard InChI is InChI=1S/C12H13NO5/c1-3-6-18-12(16)13-9-5-4-8(7-10(9)14)11(15)17-2/h3-5,7,14H,1,6H2,2H3,(H,13,16). The van der Waals surface area contributed by atoms with E-state index in [0.717, 1.165) is 0 Å². The summed E-state index contributed by atoms with van der Waals surface area (Å²) in [5, 5.41) is 11.9. The molecule has 2 N–H and O–H groups in total. The highest BCUT2D eigenvalue weighted by Gasteiger charge is 2.11. The number of nitrogens with one attached hydrogen (secondary N) is 1. The van der Waals surface area contributed by atoms with Gasteiger partial charge in [-0.2, -0.15) is 0 Å². The van der Waals surface area contributed by atoms with Crippen LogP contribution >= 0.6 is 0 Å². The Morgan fingerprint density at radius 2 is 2.22 bits per heavy atom. The van der Waals surface area contributed by atoms with E-state index < -0.39 is 12.1 Å². The van der Waals surface area contributed by atoms with Gasteiger partial charge in [-0.25, -0.2) is 9.59 Å². The predicted molar refractivity (Wildman–Crippen MR) is 64.6 cm³/mol. The molecule has 0 aromatic heterocycles. The number of esters is 1. The number of rotatable bonds is 4. The summed E-state index contributed by atoms with van der Waals surface area (Å²) in [5.41, 5.74) is 0.316. The van der Waals surface area contributed by atoms with Crippen LogP contribution in [-0.2, 0) is 9.47 Å². The SMILES string of the molecule is C=CCOC(=O)Nc1ccc(C(=O)OC)cc1O. The fourth-order valence-electron chi connectivity index (χ4n) is 1.16. The molecule has 0 aliphatic carbocycles. The minimum atomic E-state index is -0.726. The Morgan fingerprint density at radius 3 is 2.78 bits per heavy atom. The van der Waals surface area contributed by atoms with Crippen LogP contribution in [-0.4, -0.2) is 30.9 Å². The smallest absolute Gasteiger partial charge is 0.412 e. The lowest BCUT2D eigenvalue weighted by Crippen LogP contribution is -2.14. The van der Waals surface area contributed by atoms with Crippen LogP contribution < -0.4 is 5.32 Å². The Morgan fingerprint density at radius 1 is 1.50 bits per heavy atom. The molecule has 0 unspecified atom stereocenters. The molecule has 0 radical (unpaired) electrons. The molecule has 1 rings (SSSR count). The van der Waals surface area contributed by atoms with E-state index in [4.69, 9.17) is 0 Å². The number of phenolic OH excluding ortho intramolecular Hbond substituents is 1. The monoisotopic (exact) mass is 251 g/mol. The van der Waals surface area contributed by atoms with Crippen LogP contribution in [0.15, 0.2) is 30.9 Å². The molecule has 0 saturated heterocycles. The summed E-state index contributed by atoms with van der Waals surface area (Å²) in [7, 11) is 1.23. The van der Waals surface area contributed by atoms with Crippen molar-refractivity contribution in [3.05, 3.63) is 36.4 Å². The summed E-state index contributed by atoms with van der Waals surface area (Å²) in [6, 6.07) is 3.97. The quantitative estimate of drug-likeness (QED) is 0.485. The molecular formula is C12H13NO5. The molecule has 1 amide bonds. The fraction of sp³-hybridized carbons (Fsp3) is 0.167. The molecule has 0 atom stereocenters. The van der Waals surface area contributed by atoms with Crippen molar-refractivity contribution >= 4 is 17.7 Å². The van der Waals surface area contributed by atoms with E-state index >= 15 is 0 Å². The minimum Gasteiger partial charge on any atom is -0.506 e. The second-order valence-electron chi connectivity index (χ2n) is 3.24. The first-order valence-electron chi connectivity index (χ1n) is 5.04. The van der Waals surface area contributed by atoms with Gasteiger partial charge in [-0.1, -0.05) is 12.7 Å². The highest BCUT2D eigenvalue weighted by atomic mass is 16.5. The lowest BCUT2D eigenvalue weighted by atomic mass is 10.2. The maximum Gasteiger partial charge on any atom is 0.412 e. The third-order valence-corrected chi connectivity index (χ3v) is 1.99. The van der Waals surface area contributed by atoms with Crippen molar-refractivity contribution in [3.8, 4) is 5.75 Å². The summed E-state index contributed by atoms with van der Waals surface area (Å²) < 4.78 is 9.17. The van der Waals surface area contributed by atoms with Gasteiger partial charge in [-0.05, 0) is 18.2 Å².